The summed E-state index contributed by atoms with van der Waals surface area (Å²) in [4.78, 5) is 0. The summed E-state index contributed by atoms with van der Waals surface area (Å²) in [5.74, 6) is 2.12. The van der Waals surface area contributed by atoms with Gasteiger partial charge in [-0.3, -0.25) is 0 Å². The highest BCUT2D eigenvalue weighted by atomic mass is 16.6. The maximum atomic E-state index is 5.54. The van der Waals surface area contributed by atoms with Crippen LogP contribution in [0.25, 0.3) is 0 Å². The maximum absolute atomic E-state index is 5.54. The molecule has 1 heteroatoms. The van der Waals surface area contributed by atoms with Crippen LogP contribution in [-0.2, 0) is 4.74 Å². The summed E-state index contributed by atoms with van der Waals surface area (Å²) in [6.07, 6.45) is 0. The van der Waals surface area contributed by atoms with E-state index in [2.05, 4.69) is 48.5 Å². The molecule has 0 aromatic heterocycles. The molecular formula is C13H26O. The fourth-order valence-corrected chi connectivity index (χ4v) is 2.15. The molecule has 1 saturated heterocycles. The Morgan fingerprint density at radius 3 is 1.86 bits per heavy atom. The molecule has 4 unspecified atom stereocenters. The third-order valence-corrected chi connectivity index (χ3v) is 4.51. The van der Waals surface area contributed by atoms with E-state index in [1.807, 2.05) is 0 Å². The van der Waals surface area contributed by atoms with Crippen molar-refractivity contribution in [2.45, 2.75) is 54.1 Å². The van der Waals surface area contributed by atoms with Crippen molar-refractivity contribution in [2.24, 2.45) is 23.2 Å². The fourth-order valence-electron chi connectivity index (χ4n) is 2.15. The minimum Gasteiger partial charge on any atom is -0.370 e. The van der Waals surface area contributed by atoms with Crippen molar-refractivity contribution in [1.29, 1.82) is 0 Å². The predicted molar refractivity (Wildman–Crippen MR) is 61.3 cm³/mol. The molecule has 14 heavy (non-hydrogen) atoms. The molecule has 0 radical (unpaired) electrons. The highest BCUT2D eigenvalue weighted by Crippen LogP contribution is 2.44. The molecule has 0 amide bonds. The first kappa shape index (κ1) is 12.0. The third-order valence-electron chi connectivity index (χ3n) is 4.51. The van der Waals surface area contributed by atoms with Crippen molar-refractivity contribution in [1.82, 2.24) is 0 Å². The van der Waals surface area contributed by atoms with Gasteiger partial charge in [0, 0.05) is 0 Å². The highest BCUT2D eigenvalue weighted by Gasteiger charge is 2.48. The third kappa shape index (κ3) is 2.31. The molecule has 1 rings (SSSR count). The first-order valence-electron chi connectivity index (χ1n) is 5.82. The largest absolute Gasteiger partial charge is 0.370 e. The smallest absolute Gasteiger partial charge is 0.0916 e. The summed E-state index contributed by atoms with van der Waals surface area (Å²) in [5.41, 5.74) is 0.581. The Morgan fingerprint density at radius 1 is 1.14 bits per heavy atom. The normalized spacial score (nSPS) is 33.6. The number of ether oxygens (including phenoxy) is 1. The number of hydrogen-bond donors (Lipinski definition) is 0. The lowest BCUT2D eigenvalue weighted by molar-refractivity contribution is 0.0995. The number of hydrogen-bond acceptors (Lipinski definition) is 1. The van der Waals surface area contributed by atoms with Gasteiger partial charge in [-0.1, -0.05) is 41.5 Å². The van der Waals surface area contributed by atoms with Crippen LogP contribution in [0.1, 0.15) is 48.5 Å². The molecule has 84 valence electrons. The molecule has 1 aliphatic rings. The highest BCUT2D eigenvalue weighted by molar-refractivity contribution is 4.95. The fraction of sp³-hybridized carbons (Fsp3) is 1.00. The van der Waals surface area contributed by atoms with Crippen molar-refractivity contribution in [3.63, 3.8) is 0 Å². The Labute approximate surface area is 89.2 Å². The van der Waals surface area contributed by atoms with E-state index >= 15 is 0 Å². The van der Waals surface area contributed by atoms with E-state index in [1.165, 1.54) is 0 Å². The SMILES string of the molecule is CC(C(C)C(C)(C)C)C(C)C1(C)CO1. The average Bonchev–Trinajstić information content (AvgIpc) is 2.79. The Hall–Kier alpha value is -0.0400. The molecule has 0 aromatic rings. The van der Waals surface area contributed by atoms with Crippen molar-refractivity contribution < 1.29 is 4.74 Å². The van der Waals surface area contributed by atoms with Gasteiger partial charge < -0.3 is 4.74 Å². The molecule has 0 N–H and O–H groups in total. The summed E-state index contributed by atoms with van der Waals surface area (Å²) in [6, 6.07) is 0. The van der Waals surface area contributed by atoms with Crippen molar-refractivity contribution >= 4 is 0 Å². The van der Waals surface area contributed by atoms with Crippen molar-refractivity contribution in [2.75, 3.05) is 6.61 Å². The Kier molecular flexibility index (Phi) is 3.02. The van der Waals surface area contributed by atoms with Gasteiger partial charge in [-0.25, -0.2) is 0 Å². The van der Waals surface area contributed by atoms with E-state index in [0.717, 1.165) is 18.4 Å². The van der Waals surface area contributed by atoms with E-state index in [-0.39, 0.29) is 5.60 Å². The summed E-state index contributed by atoms with van der Waals surface area (Å²) in [7, 11) is 0. The lowest BCUT2D eigenvalue weighted by Crippen LogP contribution is -2.33. The average molecular weight is 198 g/mol. The second-order valence-electron chi connectivity index (χ2n) is 6.40. The number of epoxide rings is 1. The Morgan fingerprint density at radius 2 is 1.57 bits per heavy atom. The molecule has 1 nitrogen and oxygen atoms in total. The van der Waals surface area contributed by atoms with E-state index < -0.39 is 0 Å². The molecule has 1 fully saturated rings. The van der Waals surface area contributed by atoms with Crippen LogP contribution in [-0.4, -0.2) is 12.2 Å². The molecule has 1 aliphatic heterocycles. The maximum Gasteiger partial charge on any atom is 0.0916 e. The second kappa shape index (κ2) is 3.52. The molecule has 0 aromatic carbocycles. The van der Waals surface area contributed by atoms with Crippen LogP contribution in [0.4, 0.5) is 0 Å². The zero-order chi connectivity index (χ0) is 11.1. The van der Waals surface area contributed by atoms with Gasteiger partial charge in [0.1, 0.15) is 0 Å². The van der Waals surface area contributed by atoms with Gasteiger partial charge in [0.15, 0.2) is 0 Å². The molecule has 1 heterocycles. The summed E-state index contributed by atoms with van der Waals surface area (Å²) in [6.45, 7) is 17.3. The lowest BCUT2D eigenvalue weighted by atomic mass is 9.68. The van der Waals surface area contributed by atoms with E-state index in [9.17, 15) is 0 Å². The summed E-state index contributed by atoms with van der Waals surface area (Å²) in [5, 5.41) is 0. The molecule has 0 aliphatic carbocycles. The summed E-state index contributed by atoms with van der Waals surface area (Å²) < 4.78 is 5.54. The zero-order valence-corrected chi connectivity index (χ0v) is 10.8. The molecule has 0 spiro atoms. The topological polar surface area (TPSA) is 12.5 Å². The van der Waals surface area contributed by atoms with Crippen LogP contribution in [0.2, 0.25) is 0 Å². The molecular weight excluding hydrogens is 172 g/mol. The molecule has 4 atom stereocenters. The summed E-state index contributed by atoms with van der Waals surface area (Å²) >= 11 is 0. The standard InChI is InChI=1S/C13H26O/c1-9(10(2)12(4,5)6)11(3)13(7)8-14-13/h9-11H,8H2,1-7H3. The van der Waals surface area contributed by atoms with Crippen LogP contribution in [0.5, 0.6) is 0 Å². The van der Waals surface area contributed by atoms with Gasteiger partial charge in [-0.15, -0.1) is 0 Å². The van der Waals surface area contributed by atoms with Gasteiger partial charge in [-0.2, -0.15) is 0 Å². The Bertz CT molecular complexity index is 187. The van der Waals surface area contributed by atoms with Crippen LogP contribution in [0, 0.1) is 23.2 Å². The monoisotopic (exact) mass is 198 g/mol. The van der Waals surface area contributed by atoms with Crippen LogP contribution < -0.4 is 0 Å². The predicted octanol–water partition coefficient (Wildman–Crippen LogP) is 3.73. The molecule has 0 saturated carbocycles. The minimum absolute atomic E-state index is 0.179. The quantitative estimate of drug-likeness (QED) is 0.629. The Balaban J connectivity index is 2.60. The first-order chi connectivity index (χ1) is 6.18. The lowest BCUT2D eigenvalue weighted by Gasteiger charge is -2.37. The van der Waals surface area contributed by atoms with Gasteiger partial charge in [0.25, 0.3) is 0 Å². The zero-order valence-electron chi connectivity index (χ0n) is 10.8. The van der Waals surface area contributed by atoms with Crippen LogP contribution >= 0.6 is 0 Å². The van der Waals surface area contributed by atoms with E-state index in [0.29, 0.717) is 11.3 Å². The van der Waals surface area contributed by atoms with Gasteiger partial charge in [-0.05, 0) is 30.1 Å². The van der Waals surface area contributed by atoms with Gasteiger partial charge >= 0.3 is 0 Å². The minimum atomic E-state index is 0.179. The number of rotatable bonds is 3. The molecule has 0 bridgehead atoms. The van der Waals surface area contributed by atoms with Gasteiger partial charge in [0.05, 0.1) is 12.2 Å². The van der Waals surface area contributed by atoms with Crippen LogP contribution in [0.15, 0.2) is 0 Å². The van der Waals surface area contributed by atoms with Gasteiger partial charge in [0.2, 0.25) is 0 Å². The van der Waals surface area contributed by atoms with E-state index in [1.54, 1.807) is 0 Å². The van der Waals surface area contributed by atoms with Crippen LogP contribution in [0.3, 0.4) is 0 Å². The first-order valence-corrected chi connectivity index (χ1v) is 5.82. The second-order valence-corrected chi connectivity index (χ2v) is 6.40. The van der Waals surface area contributed by atoms with Crippen molar-refractivity contribution in [3.8, 4) is 0 Å². The van der Waals surface area contributed by atoms with Crippen molar-refractivity contribution in [3.05, 3.63) is 0 Å². The van der Waals surface area contributed by atoms with E-state index in [4.69, 9.17) is 4.74 Å².